The fourth-order valence-electron chi connectivity index (χ4n) is 1.79. The predicted molar refractivity (Wildman–Crippen MR) is 76.5 cm³/mol. The van der Waals surface area contributed by atoms with Gasteiger partial charge in [-0.1, -0.05) is 6.07 Å². The van der Waals surface area contributed by atoms with Crippen LogP contribution in [0.2, 0.25) is 0 Å². The topological polar surface area (TPSA) is 34.1 Å². The van der Waals surface area contributed by atoms with Crippen molar-refractivity contribution in [2.24, 2.45) is 0 Å². The molecule has 2 aromatic heterocycles. The molecule has 2 heterocycles. The molecule has 0 aromatic carbocycles. The normalized spacial score (nSPS) is 12.1. The van der Waals surface area contributed by atoms with Gasteiger partial charge >= 0.3 is 0 Å². The van der Waals surface area contributed by atoms with E-state index in [2.05, 4.69) is 34.7 Å². The minimum Gasteiger partial charge on any atom is -0.490 e. The van der Waals surface area contributed by atoms with Crippen LogP contribution in [-0.2, 0) is 6.42 Å². The summed E-state index contributed by atoms with van der Waals surface area (Å²) in [4.78, 5) is 5.71. The second-order valence-electron chi connectivity index (χ2n) is 4.11. The number of nitrogens with zero attached hydrogens (tertiary/aromatic N) is 1. The van der Waals surface area contributed by atoms with Gasteiger partial charge in [0.1, 0.15) is 0 Å². The Hall–Kier alpha value is -1.55. The fourth-order valence-corrected chi connectivity index (χ4v) is 2.62. The zero-order chi connectivity index (χ0) is 12.8. The third kappa shape index (κ3) is 3.47. The Kier molecular flexibility index (Phi) is 4.59. The van der Waals surface area contributed by atoms with Gasteiger partial charge in [0.05, 0.1) is 6.61 Å². The fraction of sp³-hybridized carbons (Fsp3) is 0.357. The first-order valence-electron chi connectivity index (χ1n) is 6.16. The number of pyridine rings is 1. The van der Waals surface area contributed by atoms with Crippen LogP contribution in [0.4, 0.5) is 5.82 Å². The van der Waals surface area contributed by atoms with Crippen molar-refractivity contribution in [2.45, 2.75) is 26.3 Å². The highest BCUT2D eigenvalue weighted by Crippen LogP contribution is 2.22. The van der Waals surface area contributed by atoms with Crippen molar-refractivity contribution in [3.05, 3.63) is 40.7 Å². The first-order valence-corrected chi connectivity index (χ1v) is 7.04. The first-order chi connectivity index (χ1) is 8.79. The average Bonchev–Trinajstić information content (AvgIpc) is 2.84. The molecule has 2 rings (SSSR count). The van der Waals surface area contributed by atoms with E-state index >= 15 is 0 Å². The Bertz CT molecular complexity index is 470. The number of ether oxygens (including phenoxy) is 1. The molecule has 0 saturated heterocycles. The molecule has 3 nitrogen and oxygen atoms in total. The summed E-state index contributed by atoms with van der Waals surface area (Å²) in [6.07, 6.45) is 2.78. The van der Waals surface area contributed by atoms with E-state index < -0.39 is 0 Å². The van der Waals surface area contributed by atoms with Gasteiger partial charge in [-0.2, -0.15) is 0 Å². The third-order valence-electron chi connectivity index (χ3n) is 2.54. The van der Waals surface area contributed by atoms with Crippen molar-refractivity contribution in [1.29, 1.82) is 0 Å². The zero-order valence-electron chi connectivity index (χ0n) is 10.7. The molecule has 0 saturated carbocycles. The molecule has 0 bridgehead atoms. The maximum absolute atomic E-state index is 5.55. The third-order valence-corrected chi connectivity index (χ3v) is 3.44. The molecule has 0 spiro atoms. The summed E-state index contributed by atoms with van der Waals surface area (Å²) in [5.41, 5.74) is 0. The number of aromatic nitrogens is 1. The van der Waals surface area contributed by atoms with E-state index in [-0.39, 0.29) is 0 Å². The molecule has 0 aliphatic carbocycles. The molecule has 2 aromatic rings. The van der Waals surface area contributed by atoms with E-state index in [0.29, 0.717) is 12.6 Å². The van der Waals surface area contributed by atoms with Crippen LogP contribution in [0.25, 0.3) is 0 Å². The minimum atomic E-state index is 0.331. The molecule has 0 amide bonds. The molecule has 18 heavy (non-hydrogen) atoms. The van der Waals surface area contributed by atoms with Crippen LogP contribution in [0.5, 0.6) is 5.75 Å². The Labute approximate surface area is 112 Å². The van der Waals surface area contributed by atoms with Crippen LogP contribution in [0.15, 0.2) is 35.8 Å². The number of nitrogens with one attached hydrogen (secondary N) is 1. The summed E-state index contributed by atoms with van der Waals surface area (Å²) in [5.74, 6) is 1.64. The number of rotatable bonds is 6. The van der Waals surface area contributed by atoms with E-state index in [1.807, 2.05) is 19.1 Å². The van der Waals surface area contributed by atoms with E-state index in [1.165, 1.54) is 4.88 Å². The molecular weight excluding hydrogens is 244 g/mol. The van der Waals surface area contributed by atoms with Crippen LogP contribution in [0.3, 0.4) is 0 Å². The van der Waals surface area contributed by atoms with E-state index in [0.717, 1.165) is 18.0 Å². The van der Waals surface area contributed by atoms with E-state index in [4.69, 9.17) is 4.74 Å². The van der Waals surface area contributed by atoms with Gasteiger partial charge in [0.15, 0.2) is 11.6 Å². The van der Waals surface area contributed by atoms with Gasteiger partial charge in [0.2, 0.25) is 0 Å². The molecule has 0 radical (unpaired) electrons. The lowest BCUT2D eigenvalue weighted by molar-refractivity contribution is 0.340. The van der Waals surface area contributed by atoms with Crippen LogP contribution < -0.4 is 10.1 Å². The molecule has 4 heteroatoms. The molecule has 96 valence electrons. The number of hydrogen-bond acceptors (Lipinski definition) is 4. The summed E-state index contributed by atoms with van der Waals surface area (Å²) in [6, 6.07) is 8.40. The molecule has 0 fully saturated rings. The minimum absolute atomic E-state index is 0.331. The number of anilines is 1. The van der Waals surface area contributed by atoms with Gasteiger partial charge in [0, 0.05) is 23.5 Å². The summed E-state index contributed by atoms with van der Waals surface area (Å²) < 4.78 is 5.55. The molecule has 0 aliphatic rings. The molecule has 1 N–H and O–H groups in total. The van der Waals surface area contributed by atoms with Crippen molar-refractivity contribution in [3.8, 4) is 5.75 Å². The number of hydrogen-bond donors (Lipinski definition) is 1. The predicted octanol–water partition coefficient (Wildman–Crippen LogP) is 3.58. The Morgan fingerprint density at radius 3 is 3.00 bits per heavy atom. The molecular formula is C14H18N2OS. The summed E-state index contributed by atoms with van der Waals surface area (Å²) in [6.45, 7) is 4.79. The first kappa shape index (κ1) is 12.9. The van der Waals surface area contributed by atoms with Gasteiger partial charge in [0.25, 0.3) is 0 Å². The lowest BCUT2D eigenvalue weighted by Crippen LogP contribution is -2.19. The molecule has 1 unspecified atom stereocenters. The maximum Gasteiger partial charge on any atom is 0.168 e. The monoisotopic (exact) mass is 262 g/mol. The van der Waals surface area contributed by atoms with Crippen molar-refractivity contribution < 1.29 is 4.74 Å². The van der Waals surface area contributed by atoms with Gasteiger partial charge in [-0.15, -0.1) is 11.3 Å². The Balaban J connectivity index is 2.00. The lowest BCUT2D eigenvalue weighted by atomic mass is 10.2. The SMILES string of the molecule is CCOc1cccnc1NC(C)Cc1cccs1. The smallest absolute Gasteiger partial charge is 0.168 e. The summed E-state index contributed by atoms with van der Waals surface area (Å²) in [7, 11) is 0. The van der Waals surface area contributed by atoms with Crippen LogP contribution in [0, 0.1) is 0 Å². The second kappa shape index (κ2) is 6.40. The van der Waals surface area contributed by atoms with Gasteiger partial charge in [-0.25, -0.2) is 4.98 Å². The van der Waals surface area contributed by atoms with E-state index in [1.54, 1.807) is 17.5 Å². The Morgan fingerprint density at radius 1 is 1.39 bits per heavy atom. The van der Waals surface area contributed by atoms with Gasteiger partial charge in [-0.05, 0) is 37.4 Å². The van der Waals surface area contributed by atoms with Crippen molar-refractivity contribution in [2.75, 3.05) is 11.9 Å². The summed E-state index contributed by atoms with van der Waals surface area (Å²) >= 11 is 1.78. The van der Waals surface area contributed by atoms with Crippen LogP contribution >= 0.6 is 11.3 Å². The van der Waals surface area contributed by atoms with Crippen LogP contribution in [-0.4, -0.2) is 17.6 Å². The standard InChI is InChI=1S/C14H18N2OS/c1-3-17-13-7-4-8-15-14(13)16-11(2)10-12-6-5-9-18-12/h4-9,11H,3,10H2,1-2H3,(H,15,16). The molecule has 1 atom stereocenters. The highest BCUT2D eigenvalue weighted by Gasteiger charge is 2.09. The zero-order valence-corrected chi connectivity index (χ0v) is 11.5. The number of thiophene rings is 1. The van der Waals surface area contributed by atoms with Gasteiger partial charge in [-0.3, -0.25) is 0 Å². The van der Waals surface area contributed by atoms with Crippen molar-refractivity contribution in [3.63, 3.8) is 0 Å². The largest absolute Gasteiger partial charge is 0.490 e. The second-order valence-corrected chi connectivity index (χ2v) is 5.14. The summed E-state index contributed by atoms with van der Waals surface area (Å²) in [5, 5.41) is 5.51. The van der Waals surface area contributed by atoms with Crippen LogP contribution in [0.1, 0.15) is 18.7 Å². The van der Waals surface area contributed by atoms with Gasteiger partial charge < -0.3 is 10.1 Å². The van der Waals surface area contributed by atoms with Crippen molar-refractivity contribution in [1.82, 2.24) is 4.98 Å². The quantitative estimate of drug-likeness (QED) is 0.864. The Morgan fingerprint density at radius 2 is 2.28 bits per heavy atom. The highest BCUT2D eigenvalue weighted by atomic mass is 32.1. The maximum atomic E-state index is 5.55. The average molecular weight is 262 g/mol. The van der Waals surface area contributed by atoms with Crippen molar-refractivity contribution >= 4 is 17.2 Å². The lowest BCUT2D eigenvalue weighted by Gasteiger charge is -2.16. The highest BCUT2D eigenvalue weighted by molar-refractivity contribution is 7.09. The molecule has 0 aliphatic heterocycles. The van der Waals surface area contributed by atoms with E-state index in [9.17, 15) is 0 Å².